The number of ether oxygens (including phenoxy) is 2. The number of hydrogen-bond donors (Lipinski definition) is 0. The van der Waals surface area contributed by atoms with E-state index in [1.54, 1.807) is 32.7 Å². The van der Waals surface area contributed by atoms with Crippen molar-refractivity contribution in [3.8, 4) is 28.3 Å². The quantitative estimate of drug-likeness (QED) is 0.438. The Hall–Kier alpha value is -3.58. The summed E-state index contributed by atoms with van der Waals surface area (Å²) in [5.74, 6) is 1.58. The summed E-state index contributed by atoms with van der Waals surface area (Å²) in [6.45, 7) is 1.19. The number of methoxy groups -OCH3 is 2. The summed E-state index contributed by atoms with van der Waals surface area (Å²) < 4.78 is 24.8. The van der Waals surface area contributed by atoms with E-state index < -0.39 is 0 Å². The van der Waals surface area contributed by atoms with Gasteiger partial charge in [-0.15, -0.1) is 0 Å². The SMILES string of the molecule is COCCN(C)c1nc(-c2cccnc2)nc2c(OC)cc(-c3cccc(F)c3)cc12. The molecule has 0 saturated carbocycles. The third-order valence-electron chi connectivity index (χ3n) is 5.04. The zero-order valence-electron chi connectivity index (χ0n) is 17.7. The molecule has 2 aromatic heterocycles. The summed E-state index contributed by atoms with van der Waals surface area (Å²) in [6.07, 6.45) is 3.44. The summed E-state index contributed by atoms with van der Waals surface area (Å²) in [6, 6.07) is 14.1. The first-order valence-electron chi connectivity index (χ1n) is 9.87. The molecule has 0 radical (unpaired) electrons. The molecule has 2 heterocycles. The van der Waals surface area contributed by atoms with Crippen molar-refractivity contribution in [2.45, 2.75) is 0 Å². The van der Waals surface area contributed by atoms with Crippen LogP contribution in [-0.2, 0) is 4.74 Å². The van der Waals surface area contributed by atoms with Crippen LogP contribution in [0.25, 0.3) is 33.4 Å². The van der Waals surface area contributed by atoms with Crippen LogP contribution in [0.2, 0.25) is 0 Å². The van der Waals surface area contributed by atoms with Gasteiger partial charge in [-0.2, -0.15) is 0 Å². The van der Waals surface area contributed by atoms with Crippen LogP contribution >= 0.6 is 0 Å². The zero-order valence-corrected chi connectivity index (χ0v) is 17.7. The van der Waals surface area contributed by atoms with Crippen molar-refractivity contribution in [1.82, 2.24) is 15.0 Å². The Morgan fingerprint density at radius 3 is 2.52 bits per heavy atom. The lowest BCUT2D eigenvalue weighted by molar-refractivity contribution is 0.206. The van der Waals surface area contributed by atoms with Gasteiger partial charge in [-0.3, -0.25) is 4.98 Å². The monoisotopic (exact) mass is 418 g/mol. The van der Waals surface area contributed by atoms with E-state index in [2.05, 4.69) is 4.98 Å². The summed E-state index contributed by atoms with van der Waals surface area (Å²) in [4.78, 5) is 15.8. The standard InChI is InChI=1S/C24H23FN4O2/c1-29(10-11-30-2)24-20-13-18(16-6-4-8-19(25)12-16)14-21(31-3)22(20)27-23(28-24)17-7-5-9-26-15-17/h4-9,12-15H,10-11H2,1-3H3. The Morgan fingerprint density at radius 1 is 0.968 bits per heavy atom. The van der Waals surface area contributed by atoms with Crippen LogP contribution < -0.4 is 9.64 Å². The highest BCUT2D eigenvalue weighted by Gasteiger charge is 2.18. The number of fused-ring (bicyclic) bond motifs is 1. The largest absolute Gasteiger partial charge is 0.494 e. The second kappa shape index (κ2) is 9.06. The second-order valence-corrected chi connectivity index (χ2v) is 7.11. The van der Waals surface area contributed by atoms with E-state index in [1.807, 2.05) is 42.3 Å². The molecule has 0 amide bonds. The molecule has 4 rings (SSSR count). The maximum Gasteiger partial charge on any atom is 0.163 e. The van der Waals surface area contributed by atoms with Crippen LogP contribution in [0.4, 0.5) is 10.2 Å². The fraction of sp³-hybridized carbons (Fsp3) is 0.208. The van der Waals surface area contributed by atoms with Crippen molar-refractivity contribution >= 4 is 16.7 Å². The molecule has 0 unspecified atom stereocenters. The lowest BCUT2D eigenvalue weighted by Gasteiger charge is -2.21. The van der Waals surface area contributed by atoms with Crippen LogP contribution in [0.5, 0.6) is 5.75 Å². The first-order chi connectivity index (χ1) is 15.1. The molecule has 0 N–H and O–H groups in total. The van der Waals surface area contributed by atoms with Gasteiger partial charge in [0.1, 0.15) is 22.9 Å². The normalized spacial score (nSPS) is 11.0. The van der Waals surface area contributed by atoms with Gasteiger partial charge in [0, 0.05) is 44.0 Å². The van der Waals surface area contributed by atoms with E-state index in [0.717, 1.165) is 27.9 Å². The van der Waals surface area contributed by atoms with Gasteiger partial charge in [-0.1, -0.05) is 12.1 Å². The molecule has 0 bridgehead atoms. The fourth-order valence-electron chi connectivity index (χ4n) is 3.42. The maximum absolute atomic E-state index is 13.9. The Kier molecular flexibility index (Phi) is 6.04. The number of pyridine rings is 1. The Bertz CT molecular complexity index is 1200. The number of nitrogens with zero attached hydrogens (tertiary/aromatic N) is 4. The van der Waals surface area contributed by atoms with Gasteiger partial charge in [0.25, 0.3) is 0 Å². The smallest absolute Gasteiger partial charge is 0.163 e. The molecule has 2 aromatic carbocycles. The molecule has 4 aromatic rings. The van der Waals surface area contributed by atoms with Crippen molar-refractivity contribution in [2.24, 2.45) is 0 Å². The number of rotatable bonds is 7. The topological polar surface area (TPSA) is 60.4 Å². The number of hydrogen-bond acceptors (Lipinski definition) is 6. The third kappa shape index (κ3) is 4.32. The van der Waals surface area contributed by atoms with Gasteiger partial charge in [0.15, 0.2) is 5.82 Å². The molecule has 6 nitrogen and oxygen atoms in total. The number of aromatic nitrogens is 3. The molecule has 0 saturated heterocycles. The predicted molar refractivity (Wildman–Crippen MR) is 120 cm³/mol. The molecule has 31 heavy (non-hydrogen) atoms. The first kappa shape index (κ1) is 20.7. The second-order valence-electron chi connectivity index (χ2n) is 7.11. The minimum atomic E-state index is -0.294. The van der Waals surface area contributed by atoms with Crippen LogP contribution in [0, 0.1) is 5.82 Å². The van der Waals surface area contributed by atoms with Crippen molar-refractivity contribution in [1.29, 1.82) is 0 Å². The van der Waals surface area contributed by atoms with Crippen LogP contribution in [0.15, 0.2) is 60.9 Å². The van der Waals surface area contributed by atoms with Gasteiger partial charge in [-0.25, -0.2) is 14.4 Å². The highest BCUT2D eigenvalue weighted by Crippen LogP contribution is 2.37. The average Bonchev–Trinajstić information content (AvgIpc) is 2.81. The number of benzene rings is 2. The molecular formula is C24H23FN4O2. The highest BCUT2D eigenvalue weighted by atomic mass is 19.1. The van der Waals surface area contributed by atoms with Crippen LogP contribution in [0.1, 0.15) is 0 Å². The Morgan fingerprint density at radius 2 is 1.81 bits per heavy atom. The Labute approximate surface area is 180 Å². The minimum Gasteiger partial charge on any atom is -0.494 e. The molecule has 0 aliphatic rings. The summed E-state index contributed by atoms with van der Waals surface area (Å²) in [5, 5.41) is 0.810. The van der Waals surface area contributed by atoms with Crippen molar-refractivity contribution in [2.75, 3.05) is 39.3 Å². The van der Waals surface area contributed by atoms with Crippen molar-refractivity contribution < 1.29 is 13.9 Å². The zero-order chi connectivity index (χ0) is 21.8. The lowest BCUT2D eigenvalue weighted by Crippen LogP contribution is -2.23. The molecule has 0 fully saturated rings. The number of anilines is 1. The molecule has 0 aliphatic heterocycles. The van der Waals surface area contributed by atoms with Gasteiger partial charge in [-0.05, 0) is 47.5 Å². The van der Waals surface area contributed by atoms with E-state index in [0.29, 0.717) is 30.2 Å². The van der Waals surface area contributed by atoms with E-state index in [9.17, 15) is 4.39 Å². The maximum atomic E-state index is 13.9. The van der Waals surface area contributed by atoms with Crippen molar-refractivity contribution in [3.05, 3.63) is 66.7 Å². The van der Waals surface area contributed by atoms with Crippen LogP contribution in [0.3, 0.4) is 0 Å². The minimum absolute atomic E-state index is 0.294. The van der Waals surface area contributed by atoms with Gasteiger partial charge in [0.05, 0.1) is 13.7 Å². The summed E-state index contributed by atoms with van der Waals surface area (Å²) in [7, 11) is 5.22. The third-order valence-corrected chi connectivity index (χ3v) is 5.04. The molecule has 0 spiro atoms. The highest BCUT2D eigenvalue weighted by molar-refractivity contribution is 5.98. The molecular weight excluding hydrogens is 395 g/mol. The van der Waals surface area contributed by atoms with Crippen molar-refractivity contribution in [3.63, 3.8) is 0 Å². The fourth-order valence-corrected chi connectivity index (χ4v) is 3.42. The predicted octanol–water partition coefficient (Wildman–Crippen LogP) is 4.59. The molecule has 0 atom stereocenters. The van der Waals surface area contributed by atoms with Crippen LogP contribution in [-0.4, -0.2) is 49.4 Å². The van der Waals surface area contributed by atoms with Gasteiger partial charge >= 0.3 is 0 Å². The number of halogens is 1. The van der Waals surface area contributed by atoms with E-state index in [4.69, 9.17) is 19.4 Å². The molecule has 158 valence electrons. The van der Waals surface area contributed by atoms with E-state index >= 15 is 0 Å². The van der Waals surface area contributed by atoms with Gasteiger partial charge in [0.2, 0.25) is 0 Å². The van der Waals surface area contributed by atoms with E-state index in [-0.39, 0.29) is 5.82 Å². The lowest BCUT2D eigenvalue weighted by atomic mass is 10.0. The van der Waals surface area contributed by atoms with Gasteiger partial charge < -0.3 is 14.4 Å². The summed E-state index contributed by atoms with van der Waals surface area (Å²) >= 11 is 0. The average molecular weight is 418 g/mol. The van der Waals surface area contributed by atoms with E-state index in [1.165, 1.54) is 12.1 Å². The number of likely N-dealkylation sites (N-methyl/N-ethyl adjacent to an activating group) is 1. The first-order valence-corrected chi connectivity index (χ1v) is 9.87. The molecule has 0 aliphatic carbocycles. The summed E-state index contributed by atoms with van der Waals surface area (Å²) in [5.41, 5.74) is 3.06. The molecule has 7 heteroatoms. The Balaban J connectivity index is 1.97.